The third-order valence-electron chi connectivity index (χ3n) is 5.45. The van der Waals surface area contributed by atoms with E-state index in [-0.39, 0.29) is 29.0 Å². The quantitative estimate of drug-likeness (QED) is 0.675. The topological polar surface area (TPSA) is 60.8 Å². The highest BCUT2D eigenvalue weighted by atomic mass is 16.3. The summed E-state index contributed by atoms with van der Waals surface area (Å²) in [6.45, 7) is 2.75. The summed E-state index contributed by atoms with van der Waals surface area (Å²) in [4.78, 5) is 14.9. The second kappa shape index (κ2) is 7.39. The molecule has 1 unspecified atom stereocenters. The summed E-state index contributed by atoms with van der Waals surface area (Å²) in [6.07, 6.45) is 1.81. The Bertz CT molecular complexity index is 1030. The number of phenolic OH excluding ortho intramolecular Hbond substituents is 2. The summed E-state index contributed by atoms with van der Waals surface area (Å²) in [5, 5.41) is 19.6. The summed E-state index contributed by atoms with van der Waals surface area (Å²) in [7, 11) is 0. The van der Waals surface area contributed by atoms with E-state index in [1.165, 1.54) is 29.3 Å². The van der Waals surface area contributed by atoms with E-state index < -0.39 is 0 Å². The van der Waals surface area contributed by atoms with Crippen LogP contribution < -0.4 is 0 Å². The minimum Gasteiger partial charge on any atom is -0.508 e. The van der Waals surface area contributed by atoms with Gasteiger partial charge in [-0.2, -0.15) is 0 Å². The molecule has 0 aliphatic carbocycles. The lowest BCUT2D eigenvalue weighted by Crippen LogP contribution is -2.30. The van der Waals surface area contributed by atoms with Crippen molar-refractivity contribution >= 4 is 5.91 Å². The Morgan fingerprint density at radius 3 is 2.61 bits per heavy atom. The Morgan fingerprint density at radius 2 is 1.82 bits per heavy atom. The van der Waals surface area contributed by atoms with E-state index in [9.17, 15) is 15.0 Å². The lowest BCUT2D eigenvalue weighted by molar-refractivity contribution is 0.0732. The number of hydrogen-bond donors (Lipinski definition) is 2. The summed E-state index contributed by atoms with van der Waals surface area (Å²) < 4.78 is 0. The van der Waals surface area contributed by atoms with E-state index in [0.29, 0.717) is 6.54 Å². The molecule has 28 heavy (non-hydrogen) atoms. The zero-order valence-corrected chi connectivity index (χ0v) is 15.8. The van der Waals surface area contributed by atoms with Crippen molar-refractivity contribution < 1.29 is 15.0 Å². The Balaban J connectivity index is 1.66. The zero-order chi connectivity index (χ0) is 19.7. The number of benzene rings is 3. The predicted molar refractivity (Wildman–Crippen MR) is 109 cm³/mol. The normalized spacial score (nSPS) is 16.3. The van der Waals surface area contributed by atoms with Crippen LogP contribution in [0, 0.1) is 6.92 Å². The van der Waals surface area contributed by atoms with Gasteiger partial charge in [0.2, 0.25) is 0 Å². The monoisotopic (exact) mass is 373 g/mol. The average Bonchev–Trinajstić information content (AvgIpc) is 3.18. The number of phenols is 2. The van der Waals surface area contributed by atoms with E-state index in [0.717, 1.165) is 24.0 Å². The molecule has 1 amide bonds. The summed E-state index contributed by atoms with van der Waals surface area (Å²) in [5.74, 6) is -0.455. The molecule has 2 N–H and O–H groups in total. The van der Waals surface area contributed by atoms with Gasteiger partial charge in [-0.05, 0) is 60.2 Å². The Morgan fingerprint density at radius 1 is 1.00 bits per heavy atom. The molecular formula is C24H23NO3. The maximum atomic E-state index is 13.1. The minimum absolute atomic E-state index is 0.0235. The number of rotatable bonds is 3. The molecule has 3 aromatic carbocycles. The van der Waals surface area contributed by atoms with E-state index in [2.05, 4.69) is 37.3 Å². The van der Waals surface area contributed by atoms with Crippen molar-refractivity contribution in [3.05, 3.63) is 83.4 Å². The lowest BCUT2D eigenvalue weighted by Gasteiger charge is -2.26. The van der Waals surface area contributed by atoms with Crippen LogP contribution in [0.4, 0.5) is 0 Å². The third kappa shape index (κ3) is 3.33. The number of amides is 1. The molecule has 0 aromatic heterocycles. The first-order valence-corrected chi connectivity index (χ1v) is 9.53. The highest BCUT2D eigenvalue weighted by molar-refractivity contribution is 5.97. The molecule has 1 heterocycles. The van der Waals surface area contributed by atoms with Gasteiger partial charge in [-0.1, -0.05) is 42.5 Å². The van der Waals surface area contributed by atoms with Crippen LogP contribution in [-0.4, -0.2) is 27.6 Å². The number of likely N-dealkylation sites (tertiary alicyclic amines) is 1. The lowest BCUT2D eigenvalue weighted by atomic mass is 9.95. The standard InChI is InChI=1S/C24H23NO3/c1-16-6-2-3-9-20(16)17-7-4-8-18(14-17)22-10-5-13-25(22)24(28)21-12-11-19(26)15-23(21)27/h2-4,6-9,11-12,14-15,22,26-27H,5,10,13H2,1H3. The fraction of sp³-hybridized carbons (Fsp3) is 0.208. The number of hydrogen-bond acceptors (Lipinski definition) is 3. The fourth-order valence-electron chi connectivity index (χ4n) is 4.02. The molecule has 142 valence electrons. The highest BCUT2D eigenvalue weighted by Gasteiger charge is 2.32. The van der Waals surface area contributed by atoms with Gasteiger partial charge in [0, 0.05) is 12.6 Å². The minimum atomic E-state index is -0.207. The van der Waals surface area contributed by atoms with Gasteiger partial charge < -0.3 is 15.1 Å². The fourth-order valence-corrected chi connectivity index (χ4v) is 4.02. The summed E-state index contributed by atoms with van der Waals surface area (Å²) >= 11 is 0. The maximum absolute atomic E-state index is 13.1. The Kier molecular flexibility index (Phi) is 4.78. The molecule has 0 radical (unpaired) electrons. The van der Waals surface area contributed by atoms with Gasteiger partial charge in [0.15, 0.2) is 0 Å². The molecular weight excluding hydrogens is 350 g/mol. The smallest absolute Gasteiger partial charge is 0.258 e. The largest absolute Gasteiger partial charge is 0.508 e. The van der Waals surface area contributed by atoms with Gasteiger partial charge in [0.1, 0.15) is 11.5 Å². The van der Waals surface area contributed by atoms with Gasteiger partial charge in [-0.3, -0.25) is 4.79 Å². The molecule has 1 atom stereocenters. The summed E-state index contributed by atoms with van der Waals surface area (Å²) in [6, 6.07) is 20.7. The molecule has 1 saturated heterocycles. The highest BCUT2D eigenvalue weighted by Crippen LogP contribution is 2.36. The average molecular weight is 373 g/mol. The first kappa shape index (κ1) is 18.1. The van der Waals surface area contributed by atoms with Crippen molar-refractivity contribution in [3.63, 3.8) is 0 Å². The van der Waals surface area contributed by atoms with Crippen molar-refractivity contribution in [3.8, 4) is 22.6 Å². The zero-order valence-electron chi connectivity index (χ0n) is 15.8. The van der Waals surface area contributed by atoms with Crippen molar-refractivity contribution in [1.29, 1.82) is 0 Å². The van der Waals surface area contributed by atoms with E-state index in [1.807, 2.05) is 23.1 Å². The van der Waals surface area contributed by atoms with Crippen LogP contribution in [0.25, 0.3) is 11.1 Å². The second-order valence-electron chi connectivity index (χ2n) is 7.30. The van der Waals surface area contributed by atoms with Crippen molar-refractivity contribution in [1.82, 2.24) is 4.90 Å². The molecule has 0 saturated carbocycles. The van der Waals surface area contributed by atoms with Gasteiger partial charge >= 0.3 is 0 Å². The van der Waals surface area contributed by atoms with Crippen LogP contribution in [0.2, 0.25) is 0 Å². The van der Waals surface area contributed by atoms with E-state index >= 15 is 0 Å². The Labute approximate surface area is 164 Å². The number of aromatic hydroxyl groups is 2. The van der Waals surface area contributed by atoms with Gasteiger partial charge in [-0.15, -0.1) is 0 Å². The maximum Gasteiger partial charge on any atom is 0.258 e. The number of nitrogens with zero attached hydrogens (tertiary/aromatic N) is 1. The summed E-state index contributed by atoms with van der Waals surface area (Å²) in [5.41, 5.74) is 4.87. The molecule has 4 heteroatoms. The van der Waals surface area contributed by atoms with Crippen LogP contribution in [0.15, 0.2) is 66.7 Å². The van der Waals surface area contributed by atoms with Crippen LogP contribution in [0.5, 0.6) is 11.5 Å². The first-order valence-electron chi connectivity index (χ1n) is 9.53. The number of carbonyl (C=O) groups excluding carboxylic acids is 1. The Hall–Kier alpha value is -3.27. The van der Waals surface area contributed by atoms with Crippen molar-refractivity contribution in [2.24, 2.45) is 0 Å². The van der Waals surface area contributed by atoms with E-state index in [4.69, 9.17) is 0 Å². The van der Waals surface area contributed by atoms with Crippen molar-refractivity contribution in [2.45, 2.75) is 25.8 Å². The SMILES string of the molecule is Cc1ccccc1-c1cccc(C2CCCN2C(=O)c2ccc(O)cc2O)c1. The van der Waals surface area contributed by atoms with Gasteiger partial charge in [0.25, 0.3) is 5.91 Å². The van der Waals surface area contributed by atoms with Gasteiger partial charge in [0.05, 0.1) is 11.6 Å². The van der Waals surface area contributed by atoms with Gasteiger partial charge in [-0.25, -0.2) is 0 Å². The molecule has 1 fully saturated rings. The van der Waals surface area contributed by atoms with Crippen LogP contribution >= 0.6 is 0 Å². The first-order chi connectivity index (χ1) is 13.5. The number of carbonyl (C=O) groups is 1. The molecule has 1 aliphatic rings. The van der Waals surface area contributed by atoms with Crippen molar-refractivity contribution in [2.75, 3.05) is 6.54 Å². The number of aryl methyl sites for hydroxylation is 1. The third-order valence-corrected chi connectivity index (χ3v) is 5.45. The van der Waals surface area contributed by atoms with Crippen LogP contribution in [0.1, 0.15) is 40.4 Å². The van der Waals surface area contributed by atoms with Crippen LogP contribution in [-0.2, 0) is 0 Å². The van der Waals surface area contributed by atoms with Crippen LogP contribution in [0.3, 0.4) is 0 Å². The molecule has 4 nitrogen and oxygen atoms in total. The predicted octanol–water partition coefficient (Wildman–Crippen LogP) is 5.05. The molecule has 1 aliphatic heterocycles. The molecule has 4 rings (SSSR count). The molecule has 0 spiro atoms. The van der Waals surface area contributed by atoms with E-state index in [1.54, 1.807) is 0 Å². The second-order valence-corrected chi connectivity index (χ2v) is 7.30. The molecule has 3 aromatic rings. The molecule has 0 bridgehead atoms.